The summed E-state index contributed by atoms with van der Waals surface area (Å²) < 4.78 is 1.86. The molecule has 1 heterocycles. The van der Waals surface area contributed by atoms with Gasteiger partial charge in [-0.05, 0) is 31.0 Å². The SMILES string of the molecule is CCC(CC)n1cc(C=O)c(-c2cc(Cl)cc(Cl)c2)n1. The molecule has 0 amide bonds. The Hall–Kier alpha value is -1.32. The summed E-state index contributed by atoms with van der Waals surface area (Å²) in [5.41, 5.74) is 1.93. The normalized spacial score (nSPS) is 11.1. The fourth-order valence-corrected chi connectivity index (χ4v) is 2.78. The number of hydrogen-bond acceptors (Lipinski definition) is 2. The highest BCUT2D eigenvalue weighted by Crippen LogP contribution is 2.29. The lowest BCUT2D eigenvalue weighted by Crippen LogP contribution is -2.07. The molecule has 20 heavy (non-hydrogen) atoms. The summed E-state index contributed by atoms with van der Waals surface area (Å²) >= 11 is 12.0. The third-order valence-electron chi connectivity index (χ3n) is 3.34. The van der Waals surface area contributed by atoms with Crippen LogP contribution >= 0.6 is 23.2 Å². The van der Waals surface area contributed by atoms with E-state index in [1.807, 2.05) is 4.68 Å². The van der Waals surface area contributed by atoms with Crippen molar-refractivity contribution in [3.63, 3.8) is 0 Å². The lowest BCUT2D eigenvalue weighted by molar-refractivity contribution is 0.112. The Morgan fingerprint density at radius 2 is 1.80 bits per heavy atom. The number of aldehydes is 1. The highest BCUT2D eigenvalue weighted by Gasteiger charge is 2.15. The standard InChI is InChI=1S/C15H16Cl2N2O/c1-3-14(4-2)19-8-11(9-20)15(18-19)10-5-12(16)7-13(17)6-10/h5-9,14H,3-4H2,1-2H3. The summed E-state index contributed by atoms with van der Waals surface area (Å²) in [7, 11) is 0. The molecule has 0 aliphatic carbocycles. The van der Waals surface area contributed by atoms with E-state index in [0.717, 1.165) is 24.7 Å². The van der Waals surface area contributed by atoms with Crippen molar-refractivity contribution in [1.82, 2.24) is 9.78 Å². The molecule has 0 unspecified atom stereocenters. The molecule has 2 aromatic rings. The molecule has 3 nitrogen and oxygen atoms in total. The summed E-state index contributed by atoms with van der Waals surface area (Å²) in [6, 6.07) is 5.47. The molecule has 0 aliphatic heterocycles. The van der Waals surface area contributed by atoms with Crippen LogP contribution in [0.2, 0.25) is 10.0 Å². The Morgan fingerprint density at radius 3 is 2.30 bits per heavy atom. The summed E-state index contributed by atoms with van der Waals surface area (Å²) in [5, 5.41) is 5.60. The molecule has 1 aromatic heterocycles. The fourth-order valence-electron chi connectivity index (χ4n) is 2.26. The molecule has 0 bridgehead atoms. The lowest BCUT2D eigenvalue weighted by atomic mass is 10.1. The summed E-state index contributed by atoms with van der Waals surface area (Å²) in [6.07, 6.45) is 4.53. The van der Waals surface area contributed by atoms with Crippen LogP contribution in [0.15, 0.2) is 24.4 Å². The Balaban J connectivity index is 2.52. The molecule has 0 radical (unpaired) electrons. The predicted octanol–water partition coefficient (Wildman–Crippen LogP) is 5.03. The third kappa shape index (κ3) is 3.05. The number of carbonyl (C=O) groups excluding carboxylic acids is 1. The van der Waals surface area contributed by atoms with Gasteiger partial charge < -0.3 is 0 Å². The van der Waals surface area contributed by atoms with E-state index in [1.165, 1.54) is 0 Å². The average molecular weight is 311 g/mol. The van der Waals surface area contributed by atoms with Crippen LogP contribution in [-0.2, 0) is 0 Å². The maximum atomic E-state index is 11.3. The van der Waals surface area contributed by atoms with Crippen LogP contribution in [0.5, 0.6) is 0 Å². The zero-order valence-corrected chi connectivity index (χ0v) is 12.9. The highest BCUT2D eigenvalue weighted by molar-refractivity contribution is 6.35. The Morgan fingerprint density at radius 1 is 1.20 bits per heavy atom. The van der Waals surface area contributed by atoms with Crippen LogP contribution < -0.4 is 0 Å². The van der Waals surface area contributed by atoms with E-state index in [2.05, 4.69) is 18.9 Å². The monoisotopic (exact) mass is 310 g/mol. The van der Waals surface area contributed by atoms with Crippen LogP contribution in [-0.4, -0.2) is 16.1 Å². The van der Waals surface area contributed by atoms with Gasteiger partial charge in [0, 0.05) is 21.8 Å². The van der Waals surface area contributed by atoms with Crippen molar-refractivity contribution in [3.05, 3.63) is 40.0 Å². The number of carbonyl (C=O) groups is 1. The van der Waals surface area contributed by atoms with E-state index in [0.29, 0.717) is 21.3 Å². The predicted molar refractivity (Wildman–Crippen MR) is 82.7 cm³/mol. The number of nitrogens with zero attached hydrogens (tertiary/aromatic N) is 2. The van der Waals surface area contributed by atoms with Crippen LogP contribution in [0, 0.1) is 0 Å². The molecule has 0 saturated carbocycles. The zero-order chi connectivity index (χ0) is 14.7. The molecule has 0 aliphatic rings. The van der Waals surface area contributed by atoms with Gasteiger partial charge in [-0.15, -0.1) is 0 Å². The fraction of sp³-hybridized carbons (Fsp3) is 0.333. The van der Waals surface area contributed by atoms with Crippen molar-refractivity contribution in [3.8, 4) is 11.3 Å². The van der Waals surface area contributed by atoms with Gasteiger partial charge in [-0.1, -0.05) is 37.0 Å². The first-order valence-corrected chi connectivity index (χ1v) is 7.35. The van der Waals surface area contributed by atoms with E-state index in [1.54, 1.807) is 24.4 Å². The van der Waals surface area contributed by atoms with Gasteiger partial charge in [-0.25, -0.2) is 0 Å². The van der Waals surface area contributed by atoms with Crippen LogP contribution in [0.4, 0.5) is 0 Å². The Labute approximate surface area is 128 Å². The summed E-state index contributed by atoms with van der Waals surface area (Å²) in [4.78, 5) is 11.3. The van der Waals surface area contributed by atoms with Crippen LogP contribution in [0.3, 0.4) is 0 Å². The Bertz CT molecular complexity index is 598. The van der Waals surface area contributed by atoms with Crippen molar-refractivity contribution in [1.29, 1.82) is 0 Å². The molecule has 106 valence electrons. The van der Waals surface area contributed by atoms with E-state index in [9.17, 15) is 4.79 Å². The maximum Gasteiger partial charge on any atom is 0.153 e. The number of halogens is 2. The summed E-state index contributed by atoms with van der Waals surface area (Å²) in [5.74, 6) is 0. The van der Waals surface area contributed by atoms with Gasteiger partial charge in [0.25, 0.3) is 0 Å². The molecule has 2 rings (SSSR count). The molecule has 0 N–H and O–H groups in total. The minimum absolute atomic E-state index is 0.289. The first-order chi connectivity index (χ1) is 9.58. The lowest BCUT2D eigenvalue weighted by Gasteiger charge is -2.12. The van der Waals surface area contributed by atoms with E-state index in [4.69, 9.17) is 23.2 Å². The third-order valence-corrected chi connectivity index (χ3v) is 3.78. The molecular weight excluding hydrogens is 295 g/mol. The van der Waals surface area contributed by atoms with Crippen LogP contribution in [0.1, 0.15) is 43.1 Å². The minimum Gasteiger partial charge on any atom is -0.298 e. The molecular formula is C15H16Cl2N2O. The molecule has 0 saturated heterocycles. The number of benzene rings is 1. The van der Waals surface area contributed by atoms with E-state index in [-0.39, 0.29) is 6.04 Å². The van der Waals surface area contributed by atoms with Crippen molar-refractivity contribution in [2.24, 2.45) is 0 Å². The summed E-state index contributed by atoms with van der Waals surface area (Å²) in [6.45, 7) is 4.21. The zero-order valence-electron chi connectivity index (χ0n) is 11.4. The number of aromatic nitrogens is 2. The second-order valence-corrected chi connectivity index (χ2v) is 5.53. The molecule has 5 heteroatoms. The first-order valence-electron chi connectivity index (χ1n) is 6.59. The van der Waals surface area contributed by atoms with Gasteiger partial charge >= 0.3 is 0 Å². The largest absolute Gasteiger partial charge is 0.298 e. The second kappa shape index (κ2) is 6.42. The van der Waals surface area contributed by atoms with Crippen molar-refractivity contribution in [2.75, 3.05) is 0 Å². The van der Waals surface area contributed by atoms with Crippen molar-refractivity contribution in [2.45, 2.75) is 32.7 Å². The topological polar surface area (TPSA) is 34.9 Å². The van der Waals surface area contributed by atoms with Crippen LogP contribution in [0.25, 0.3) is 11.3 Å². The van der Waals surface area contributed by atoms with Gasteiger partial charge in [0.15, 0.2) is 6.29 Å². The number of rotatable bonds is 5. The second-order valence-electron chi connectivity index (χ2n) is 4.66. The van der Waals surface area contributed by atoms with Gasteiger partial charge in [0.2, 0.25) is 0 Å². The minimum atomic E-state index is 0.289. The average Bonchev–Trinajstić information content (AvgIpc) is 2.83. The van der Waals surface area contributed by atoms with Gasteiger partial charge in [0.05, 0.1) is 11.6 Å². The number of hydrogen-bond donors (Lipinski definition) is 0. The van der Waals surface area contributed by atoms with Crippen molar-refractivity contribution >= 4 is 29.5 Å². The van der Waals surface area contributed by atoms with E-state index >= 15 is 0 Å². The van der Waals surface area contributed by atoms with Gasteiger partial charge in [-0.3, -0.25) is 9.48 Å². The highest BCUT2D eigenvalue weighted by atomic mass is 35.5. The Kier molecular flexibility index (Phi) is 4.84. The molecule has 0 fully saturated rings. The maximum absolute atomic E-state index is 11.3. The quantitative estimate of drug-likeness (QED) is 0.726. The molecule has 1 aromatic carbocycles. The smallest absolute Gasteiger partial charge is 0.153 e. The van der Waals surface area contributed by atoms with Gasteiger partial charge in [-0.2, -0.15) is 5.10 Å². The van der Waals surface area contributed by atoms with Crippen molar-refractivity contribution < 1.29 is 4.79 Å². The molecule has 0 atom stereocenters. The van der Waals surface area contributed by atoms with E-state index < -0.39 is 0 Å². The molecule has 0 spiro atoms. The first kappa shape index (κ1) is 15.1. The van der Waals surface area contributed by atoms with Gasteiger partial charge in [0.1, 0.15) is 5.69 Å².